The minimum atomic E-state index is -0.00895. The molecule has 0 radical (unpaired) electrons. The van der Waals surface area contributed by atoms with Crippen LogP contribution in [0.2, 0.25) is 0 Å². The minimum Gasteiger partial charge on any atom is -0.459 e. The van der Waals surface area contributed by atoms with Crippen LogP contribution in [0.3, 0.4) is 0 Å². The van der Waals surface area contributed by atoms with Crippen molar-refractivity contribution in [2.45, 2.75) is 38.5 Å². The zero-order valence-electron chi connectivity index (χ0n) is 12.4. The maximum absolute atomic E-state index is 12.4. The van der Waals surface area contributed by atoms with Crippen LogP contribution >= 0.6 is 11.3 Å². The predicted octanol–water partition coefficient (Wildman–Crippen LogP) is 3.88. The maximum atomic E-state index is 12.4. The average molecular weight is 304 g/mol. The van der Waals surface area contributed by atoms with Crippen LogP contribution in [0.15, 0.2) is 28.2 Å². The largest absolute Gasteiger partial charge is 0.459 e. The van der Waals surface area contributed by atoms with E-state index in [4.69, 9.17) is 9.40 Å². The number of carbonyl (C=O) groups excluding carboxylic acids is 1. The lowest BCUT2D eigenvalue weighted by atomic mass is 9.98. The fraction of sp³-hybridized carbons (Fsp3) is 0.500. The van der Waals surface area contributed by atoms with Crippen molar-refractivity contribution >= 4 is 17.2 Å². The van der Waals surface area contributed by atoms with Crippen molar-refractivity contribution in [3.63, 3.8) is 0 Å². The number of carbonyl (C=O) groups is 1. The molecule has 2 aromatic heterocycles. The van der Waals surface area contributed by atoms with E-state index in [1.165, 1.54) is 0 Å². The van der Waals surface area contributed by atoms with E-state index >= 15 is 0 Å². The number of hydrogen-bond donors (Lipinski definition) is 0. The van der Waals surface area contributed by atoms with E-state index in [9.17, 15) is 4.79 Å². The summed E-state index contributed by atoms with van der Waals surface area (Å²) in [7, 11) is 0. The smallest absolute Gasteiger partial charge is 0.289 e. The molecule has 1 fully saturated rings. The van der Waals surface area contributed by atoms with Gasteiger partial charge in [0.15, 0.2) is 5.76 Å². The van der Waals surface area contributed by atoms with Gasteiger partial charge in [0.25, 0.3) is 5.91 Å². The van der Waals surface area contributed by atoms with Crippen molar-refractivity contribution in [3.05, 3.63) is 40.2 Å². The molecular weight excluding hydrogens is 284 g/mol. The topological polar surface area (TPSA) is 46.3 Å². The number of piperidine rings is 1. The van der Waals surface area contributed by atoms with Gasteiger partial charge in [0, 0.05) is 24.4 Å². The van der Waals surface area contributed by atoms with Crippen molar-refractivity contribution in [2.24, 2.45) is 0 Å². The first-order chi connectivity index (χ1) is 10.1. The second-order valence-corrected chi connectivity index (χ2v) is 6.72. The molecule has 21 heavy (non-hydrogen) atoms. The van der Waals surface area contributed by atoms with Crippen molar-refractivity contribution in [3.8, 4) is 0 Å². The van der Waals surface area contributed by atoms with E-state index in [1.54, 1.807) is 29.7 Å². The highest BCUT2D eigenvalue weighted by Crippen LogP contribution is 2.31. The Hall–Kier alpha value is -1.62. The highest BCUT2D eigenvalue weighted by molar-refractivity contribution is 7.09. The van der Waals surface area contributed by atoms with Gasteiger partial charge in [0.1, 0.15) is 0 Å². The number of nitrogens with zero attached hydrogens (tertiary/aromatic N) is 2. The van der Waals surface area contributed by atoms with E-state index in [0.29, 0.717) is 17.6 Å². The molecule has 0 aromatic carbocycles. The maximum Gasteiger partial charge on any atom is 0.289 e. The van der Waals surface area contributed by atoms with Gasteiger partial charge in [-0.1, -0.05) is 13.8 Å². The van der Waals surface area contributed by atoms with Crippen LogP contribution in [0.5, 0.6) is 0 Å². The molecule has 0 saturated carbocycles. The van der Waals surface area contributed by atoms with Gasteiger partial charge in [-0.15, -0.1) is 11.3 Å². The Balaban J connectivity index is 1.72. The third-order valence-corrected chi connectivity index (χ3v) is 4.95. The molecule has 0 spiro atoms. The van der Waals surface area contributed by atoms with Crippen LogP contribution in [-0.2, 0) is 0 Å². The first kappa shape index (κ1) is 14.3. The van der Waals surface area contributed by atoms with Crippen molar-refractivity contribution < 1.29 is 9.21 Å². The molecule has 0 unspecified atom stereocenters. The summed E-state index contributed by atoms with van der Waals surface area (Å²) in [6.07, 6.45) is 3.67. The third kappa shape index (κ3) is 3.02. The van der Waals surface area contributed by atoms with Gasteiger partial charge in [-0.05, 0) is 30.9 Å². The van der Waals surface area contributed by atoms with Gasteiger partial charge in [-0.2, -0.15) is 0 Å². The highest BCUT2D eigenvalue weighted by atomic mass is 32.1. The molecule has 0 aliphatic carbocycles. The summed E-state index contributed by atoms with van der Waals surface area (Å²) in [5, 5.41) is 3.31. The van der Waals surface area contributed by atoms with Crippen LogP contribution in [0, 0.1) is 0 Å². The molecule has 5 heteroatoms. The number of rotatable bonds is 3. The molecule has 3 heterocycles. The zero-order valence-corrected chi connectivity index (χ0v) is 13.2. The Morgan fingerprint density at radius 1 is 1.52 bits per heavy atom. The normalized spacial score (nSPS) is 19.2. The number of thiazole rings is 1. The van der Waals surface area contributed by atoms with Gasteiger partial charge in [-0.25, -0.2) is 4.98 Å². The Morgan fingerprint density at radius 3 is 3.05 bits per heavy atom. The van der Waals surface area contributed by atoms with E-state index in [0.717, 1.165) is 36.6 Å². The van der Waals surface area contributed by atoms with Crippen molar-refractivity contribution in [1.82, 2.24) is 9.88 Å². The van der Waals surface area contributed by atoms with Gasteiger partial charge in [-0.3, -0.25) is 4.79 Å². The summed E-state index contributed by atoms with van der Waals surface area (Å²) >= 11 is 1.72. The summed E-state index contributed by atoms with van der Waals surface area (Å²) in [5.74, 6) is 1.23. The average Bonchev–Trinajstić information content (AvgIpc) is 3.18. The summed E-state index contributed by atoms with van der Waals surface area (Å²) in [5.41, 5.74) is 1.16. The summed E-state index contributed by atoms with van der Waals surface area (Å²) in [6.45, 7) is 5.86. The summed E-state index contributed by atoms with van der Waals surface area (Å²) < 4.78 is 5.22. The van der Waals surface area contributed by atoms with Gasteiger partial charge in [0.05, 0.1) is 17.0 Å². The second-order valence-electron chi connectivity index (χ2n) is 5.83. The lowest BCUT2D eigenvalue weighted by Crippen LogP contribution is -2.38. The minimum absolute atomic E-state index is 0.00895. The summed E-state index contributed by atoms with van der Waals surface area (Å²) in [4.78, 5) is 19.0. The fourth-order valence-corrected chi connectivity index (χ4v) is 3.78. The zero-order chi connectivity index (χ0) is 14.8. The van der Waals surface area contributed by atoms with Crippen LogP contribution in [-0.4, -0.2) is 28.9 Å². The molecule has 112 valence electrons. The molecule has 3 rings (SSSR count). The SMILES string of the molecule is CC(C)c1csc([C@H]2CCCN(C(=O)c3ccco3)C2)n1. The molecule has 1 saturated heterocycles. The van der Waals surface area contributed by atoms with Crippen LogP contribution in [0.4, 0.5) is 0 Å². The molecule has 2 aromatic rings. The van der Waals surface area contributed by atoms with E-state index in [1.807, 2.05) is 4.90 Å². The number of aromatic nitrogens is 1. The molecule has 1 aliphatic rings. The monoisotopic (exact) mass is 304 g/mol. The number of amides is 1. The Kier molecular flexibility index (Phi) is 4.10. The second kappa shape index (κ2) is 6.02. The quantitative estimate of drug-likeness (QED) is 0.864. The number of likely N-dealkylation sites (tertiary alicyclic amines) is 1. The lowest BCUT2D eigenvalue weighted by molar-refractivity contribution is 0.0675. The van der Waals surface area contributed by atoms with Gasteiger partial charge < -0.3 is 9.32 Å². The molecule has 4 nitrogen and oxygen atoms in total. The molecule has 0 N–H and O–H groups in total. The predicted molar refractivity (Wildman–Crippen MR) is 82.8 cm³/mol. The standard InChI is InChI=1S/C16H20N2O2S/c1-11(2)13-10-21-15(17-13)12-5-3-7-18(9-12)16(19)14-6-4-8-20-14/h4,6,8,10-12H,3,5,7,9H2,1-2H3/t12-/m0/s1. The van der Waals surface area contributed by atoms with E-state index in [-0.39, 0.29) is 5.91 Å². The van der Waals surface area contributed by atoms with E-state index in [2.05, 4.69) is 19.2 Å². The number of hydrogen-bond acceptors (Lipinski definition) is 4. The molecule has 1 atom stereocenters. The Bertz CT molecular complexity index is 604. The van der Waals surface area contributed by atoms with Crippen molar-refractivity contribution in [1.29, 1.82) is 0 Å². The van der Waals surface area contributed by atoms with Gasteiger partial charge in [0.2, 0.25) is 0 Å². The molecule has 0 bridgehead atoms. The van der Waals surface area contributed by atoms with Crippen LogP contribution < -0.4 is 0 Å². The Morgan fingerprint density at radius 2 is 2.38 bits per heavy atom. The molecular formula is C16H20N2O2S. The first-order valence-corrected chi connectivity index (χ1v) is 8.31. The Labute approximate surface area is 128 Å². The number of furan rings is 1. The van der Waals surface area contributed by atoms with Crippen LogP contribution in [0.1, 0.15) is 59.8 Å². The highest BCUT2D eigenvalue weighted by Gasteiger charge is 2.28. The third-order valence-electron chi connectivity index (χ3n) is 3.92. The molecule has 1 amide bonds. The van der Waals surface area contributed by atoms with Gasteiger partial charge >= 0.3 is 0 Å². The van der Waals surface area contributed by atoms with E-state index < -0.39 is 0 Å². The molecule has 1 aliphatic heterocycles. The summed E-state index contributed by atoms with van der Waals surface area (Å²) in [6, 6.07) is 3.48. The lowest BCUT2D eigenvalue weighted by Gasteiger charge is -2.31. The fourth-order valence-electron chi connectivity index (χ4n) is 2.67. The first-order valence-electron chi connectivity index (χ1n) is 7.43. The van der Waals surface area contributed by atoms with Crippen LogP contribution in [0.25, 0.3) is 0 Å². The van der Waals surface area contributed by atoms with Crippen molar-refractivity contribution in [2.75, 3.05) is 13.1 Å².